The van der Waals surface area contributed by atoms with Gasteiger partial charge in [0.25, 0.3) is 0 Å². The Morgan fingerprint density at radius 3 is 2.59 bits per heavy atom. The molecule has 5 nitrogen and oxygen atoms in total. The molecular weight excluding hydrogens is 222 g/mol. The molecule has 98 valence electrons. The average Bonchev–Trinajstić information content (AvgIpc) is 2.14. The van der Waals surface area contributed by atoms with Crippen molar-refractivity contribution in [2.45, 2.75) is 45.6 Å². The molecule has 1 aliphatic rings. The predicted octanol–water partition coefficient (Wildman–Crippen LogP) is 0.773. The van der Waals surface area contributed by atoms with E-state index in [0.717, 1.165) is 12.8 Å². The summed E-state index contributed by atoms with van der Waals surface area (Å²) >= 11 is 0. The minimum Gasteiger partial charge on any atom is -0.550 e. The zero-order chi connectivity index (χ0) is 13.1. The highest BCUT2D eigenvalue weighted by atomic mass is 16.6. The minimum atomic E-state index is -1.05. The lowest BCUT2D eigenvalue weighted by Gasteiger charge is -2.34. The van der Waals surface area contributed by atoms with Crippen molar-refractivity contribution in [2.24, 2.45) is 5.92 Å². The molecule has 0 radical (unpaired) electrons. The molecule has 0 aromatic carbocycles. The summed E-state index contributed by atoms with van der Waals surface area (Å²) in [6.45, 7) is 6.52. The van der Waals surface area contributed by atoms with E-state index < -0.39 is 11.6 Å². The fourth-order valence-corrected chi connectivity index (χ4v) is 1.96. The molecule has 0 bridgehead atoms. The van der Waals surface area contributed by atoms with Gasteiger partial charge in [-0.3, -0.25) is 0 Å². The van der Waals surface area contributed by atoms with Crippen LogP contribution in [0.15, 0.2) is 0 Å². The molecule has 0 aromatic rings. The predicted molar refractivity (Wildman–Crippen MR) is 60.2 cm³/mol. The Morgan fingerprint density at radius 2 is 2.06 bits per heavy atom. The number of carbonyl (C=O) groups excluding carboxylic acids is 2. The summed E-state index contributed by atoms with van der Waals surface area (Å²) < 4.78 is 5.25. The van der Waals surface area contributed by atoms with E-state index in [1.807, 2.05) is 20.8 Å². The molecule has 0 aliphatic carbocycles. The third kappa shape index (κ3) is 5.06. The number of carbonyl (C=O) groups is 2. The molecule has 1 heterocycles. The van der Waals surface area contributed by atoms with Gasteiger partial charge in [-0.15, -0.1) is 0 Å². The summed E-state index contributed by atoms with van der Waals surface area (Å²) in [6.07, 6.45) is 1.30. The zero-order valence-corrected chi connectivity index (χ0v) is 10.7. The van der Waals surface area contributed by atoms with Crippen LogP contribution in [0.5, 0.6) is 0 Å². The summed E-state index contributed by atoms with van der Waals surface area (Å²) in [5, 5.41) is 10.5. The van der Waals surface area contributed by atoms with Gasteiger partial charge < -0.3 is 19.5 Å². The molecule has 0 saturated carbocycles. The summed E-state index contributed by atoms with van der Waals surface area (Å²) in [4.78, 5) is 23.9. The van der Waals surface area contributed by atoms with E-state index in [-0.39, 0.29) is 18.4 Å². The molecule has 0 N–H and O–H groups in total. The Labute approximate surface area is 102 Å². The van der Waals surface area contributed by atoms with Crippen LogP contribution in [0.25, 0.3) is 0 Å². The normalized spacial score (nSPS) is 21.1. The fourth-order valence-electron chi connectivity index (χ4n) is 1.96. The quantitative estimate of drug-likeness (QED) is 0.717. The number of piperidine rings is 1. The lowest BCUT2D eigenvalue weighted by Crippen LogP contribution is -2.44. The Kier molecular flexibility index (Phi) is 4.37. The SMILES string of the molecule is CC(C)(C)OC(=O)N1CCC[C@@H](CC(=O)[O-])C1. The maximum Gasteiger partial charge on any atom is 0.410 e. The topological polar surface area (TPSA) is 69.7 Å². The van der Waals surface area contributed by atoms with Crippen molar-refractivity contribution in [2.75, 3.05) is 13.1 Å². The van der Waals surface area contributed by atoms with E-state index in [2.05, 4.69) is 0 Å². The van der Waals surface area contributed by atoms with Gasteiger partial charge in [0, 0.05) is 19.1 Å². The van der Waals surface area contributed by atoms with Crippen LogP contribution in [0.2, 0.25) is 0 Å². The van der Waals surface area contributed by atoms with Gasteiger partial charge in [0.2, 0.25) is 0 Å². The van der Waals surface area contributed by atoms with Crippen molar-refractivity contribution < 1.29 is 19.4 Å². The van der Waals surface area contributed by atoms with Crippen LogP contribution in [0.3, 0.4) is 0 Å². The molecule has 17 heavy (non-hydrogen) atoms. The van der Waals surface area contributed by atoms with Gasteiger partial charge in [0.15, 0.2) is 0 Å². The van der Waals surface area contributed by atoms with Gasteiger partial charge in [-0.2, -0.15) is 0 Å². The van der Waals surface area contributed by atoms with Crippen LogP contribution >= 0.6 is 0 Å². The standard InChI is InChI=1S/C12H21NO4/c1-12(2,3)17-11(16)13-6-4-5-9(8-13)7-10(14)15/h9H,4-8H2,1-3H3,(H,14,15)/p-1/t9-/m0/s1. The highest BCUT2D eigenvalue weighted by Crippen LogP contribution is 2.21. The molecule has 1 aliphatic heterocycles. The number of hydrogen-bond donors (Lipinski definition) is 0. The Bertz CT molecular complexity index is 295. The number of rotatable bonds is 2. The van der Waals surface area contributed by atoms with Crippen LogP contribution in [0.4, 0.5) is 4.79 Å². The van der Waals surface area contributed by atoms with Crippen molar-refractivity contribution in [3.05, 3.63) is 0 Å². The summed E-state index contributed by atoms with van der Waals surface area (Å²) in [6, 6.07) is 0. The fraction of sp³-hybridized carbons (Fsp3) is 0.833. The van der Waals surface area contributed by atoms with Crippen LogP contribution in [-0.4, -0.2) is 35.7 Å². The molecule has 1 atom stereocenters. The monoisotopic (exact) mass is 242 g/mol. The van der Waals surface area contributed by atoms with Crippen molar-refractivity contribution >= 4 is 12.1 Å². The third-order valence-corrected chi connectivity index (χ3v) is 2.63. The smallest absolute Gasteiger partial charge is 0.410 e. The number of aliphatic carboxylic acids is 1. The van der Waals surface area contributed by atoms with Gasteiger partial charge in [0.1, 0.15) is 5.60 Å². The number of hydrogen-bond acceptors (Lipinski definition) is 4. The van der Waals surface area contributed by atoms with E-state index in [1.54, 1.807) is 4.90 Å². The number of amides is 1. The second kappa shape index (κ2) is 5.38. The average molecular weight is 242 g/mol. The maximum absolute atomic E-state index is 11.8. The maximum atomic E-state index is 11.8. The number of likely N-dealkylation sites (tertiary alicyclic amines) is 1. The first-order valence-corrected chi connectivity index (χ1v) is 5.95. The van der Waals surface area contributed by atoms with Crippen molar-refractivity contribution in [1.29, 1.82) is 0 Å². The van der Waals surface area contributed by atoms with Crippen molar-refractivity contribution in [3.63, 3.8) is 0 Å². The van der Waals surface area contributed by atoms with E-state index in [4.69, 9.17) is 4.74 Å². The lowest BCUT2D eigenvalue weighted by atomic mass is 9.95. The van der Waals surface area contributed by atoms with E-state index in [0.29, 0.717) is 13.1 Å². The minimum absolute atomic E-state index is 0.0127. The first kappa shape index (κ1) is 13.8. The Morgan fingerprint density at radius 1 is 1.41 bits per heavy atom. The molecule has 1 fully saturated rings. The summed E-state index contributed by atoms with van der Waals surface area (Å²) in [5.41, 5.74) is -0.515. The molecule has 1 rings (SSSR count). The van der Waals surface area contributed by atoms with Crippen LogP contribution in [0, 0.1) is 5.92 Å². The Hall–Kier alpha value is -1.26. The number of carboxylic acids is 1. The van der Waals surface area contributed by atoms with Crippen molar-refractivity contribution in [3.8, 4) is 0 Å². The van der Waals surface area contributed by atoms with Crippen LogP contribution in [-0.2, 0) is 9.53 Å². The Balaban J connectivity index is 2.49. The number of carboxylic acid groups (broad SMARTS) is 1. The molecule has 1 saturated heterocycles. The number of ether oxygens (including phenoxy) is 1. The second-order valence-electron chi connectivity index (χ2n) is 5.51. The van der Waals surface area contributed by atoms with Gasteiger partial charge >= 0.3 is 6.09 Å². The first-order chi connectivity index (χ1) is 7.78. The first-order valence-electron chi connectivity index (χ1n) is 5.95. The van der Waals surface area contributed by atoms with Gasteiger partial charge in [-0.1, -0.05) is 0 Å². The summed E-state index contributed by atoms with van der Waals surface area (Å²) in [5.74, 6) is -1.07. The van der Waals surface area contributed by atoms with Gasteiger partial charge in [0.05, 0.1) is 0 Å². The highest BCUT2D eigenvalue weighted by molar-refractivity contribution is 5.68. The largest absolute Gasteiger partial charge is 0.550 e. The molecule has 5 heteroatoms. The van der Waals surface area contributed by atoms with Crippen LogP contribution in [0.1, 0.15) is 40.0 Å². The summed E-state index contributed by atoms with van der Waals surface area (Å²) in [7, 11) is 0. The van der Waals surface area contributed by atoms with Gasteiger partial charge in [-0.05, 0) is 46.0 Å². The molecule has 1 amide bonds. The van der Waals surface area contributed by atoms with Gasteiger partial charge in [-0.25, -0.2) is 4.79 Å². The molecule has 0 spiro atoms. The third-order valence-electron chi connectivity index (χ3n) is 2.63. The lowest BCUT2D eigenvalue weighted by molar-refractivity contribution is -0.307. The molecule has 0 unspecified atom stereocenters. The van der Waals surface area contributed by atoms with E-state index >= 15 is 0 Å². The van der Waals surface area contributed by atoms with Crippen LogP contribution < -0.4 is 5.11 Å². The zero-order valence-electron chi connectivity index (χ0n) is 10.7. The van der Waals surface area contributed by atoms with E-state index in [9.17, 15) is 14.7 Å². The molecule has 0 aromatic heterocycles. The van der Waals surface area contributed by atoms with Crippen molar-refractivity contribution in [1.82, 2.24) is 4.90 Å². The van der Waals surface area contributed by atoms with E-state index in [1.165, 1.54) is 0 Å². The number of nitrogens with zero attached hydrogens (tertiary/aromatic N) is 1. The molecular formula is C12H20NO4-. The highest BCUT2D eigenvalue weighted by Gasteiger charge is 2.27. The second-order valence-corrected chi connectivity index (χ2v) is 5.51.